The first-order valence-corrected chi connectivity index (χ1v) is 8.11. The first-order chi connectivity index (χ1) is 13.1. The summed E-state index contributed by atoms with van der Waals surface area (Å²) in [6.45, 7) is 0.481. The van der Waals surface area contributed by atoms with Gasteiger partial charge in [0.15, 0.2) is 11.5 Å². The maximum atomic E-state index is 14.0. The molecular weight excluding hydrogens is 349 g/mol. The van der Waals surface area contributed by atoms with Gasteiger partial charge in [-0.15, -0.1) is 0 Å². The SMILES string of the molecule is COc1cnc(C(=O)Nc2cccc(CNc3cccnc3N)c2)c(F)c1. The average molecular weight is 367 g/mol. The molecule has 27 heavy (non-hydrogen) atoms. The molecule has 0 aliphatic carbocycles. The fourth-order valence-electron chi connectivity index (χ4n) is 2.41. The summed E-state index contributed by atoms with van der Waals surface area (Å²) >= 11 is 0. The summed E-state index contributed by atoms with van der Waals surface area (Å²) in [5, 5.41) is 5.82. The third-order valence-corrected chi connectivity index (χ3v) is 3.77. The Morgan fingerprint density at radius 3 is 2.81 bits per heavy atom. The van der Waals surface area contributed by atoms with Crippen LogP contribution in [-0.4, -0.2) is 23.0 Å². The first kappa shape index (κ1) is 18.1. The molecule has 0 aliphatic heterocycles. The van der Waals surface area contributed by atoms with E-state index in [1.807, 2.05) is 12.1 Å². The molecule has 0 saturated heterocycles. The van der Waals surface area contributed by atoms with Crippen LogP contribution in [0.15, 0.2) is 54.9 Å². The molecule has 4 N–H and O–H groups in total. The Balaban J connectivity index is 1.68. The minimum atomic E-state index is -0.753. The van der Waals surface area contributed by atoms with Gasteiger partial charge in [0.2, 0.25) is 0 Å². The summed E-state index contributed by atoms with van der Waals surface area (Å²) in [4.78, 5) is 20.1. The van der Waals surface area contributed by atoms with Crippen molar-refractivity contribution in [1.29, 1.82) is 0 Å². The van der Waals surface area contributed by atoms with E-state index in [2.05, 4.69) is 20.6 Å². The molecule has 7 nitrogen and oxygen atoms in total. The number of hydrogen-bond acceptors (Lipinski definition) is 6. The monoisotopic (exact) mass is 367 g/mol. The van der Waals surface area contributed by atoms with Crippen molar-refractivity contribution in [2.24, 2.45) is 0 Å². The number of rotatable bonds is 6. The molecule has 0 radical (unpaired) electrons. The van der Waals surface area contributed by atoms with Crippen LogP contribution in [0.2, 0.25) is 0 Å². The molecule has 8 heteroatoms. The zero-order valence-electron chi connectivity index (χ0n) is 14.6. The third kappa shape index (κ3) is 4.49. The molecule has 2 aromatic heterocycles. The van der Waals surface area contributed by atoms with E-state index in [1.165, 1.54) is 13.3 Å². The number of anilines is 3. The summed E-state index contributed by atoms with van der Waals surface area (Å²) in [5.41, 5.74) is 7.64. The standard InChI is InChI=1S/C19H18FN5O2/c1-27-14-9-15(20)17(24-11-14)19(26)25-13-5-2-4-12(8-13)10-23-16-6-3-7-22-18(16)21/h2-9,11,23H,10H2,1H3,(H2,21,22)(H,25,26). The molecule has 0 unspecified atom stereocenters. The highest BCUT2D eigenvalue weighted by Crippen LogP contribution is 2.18. The molecule has 0 atom stereocenters. The largest absolute Gasteiger partial charge is 0.495 e. The summed E-state index contributed by atoms with van der Waals surface area (Å²) in [6, 6.07) is 11.9. The average Bonchev–Trinajstić information content (AvgIpc) is 2.67. The number of ether oxygens (including phenoxy) is 1. The Morgan fingerprint density at radius 2 is 2.07 bits per heavy atom. The summed E-state index contributed by atoms with van der Waals surface area (Å²) in [7, 11) is 1.40. The number of amides is 1. The maximum Gasteiger partial charge on any atom is 0.277 e. The van der Waals surface area contributed by atoms with E-state index in [9.17, 15) is 9.18 Å². The van der Waals surface area contributed by atoms with Crippen molar-refractivity contribution < 1.29 is 13.9 Å². The van der Waals surface area contributed by atoms with E-state index in [4.69, 9.17) is 10.5 Å². The van der Waals surface area contributed by atoms with Crippen LogP contribution >= 0.6 is 0 Å². The minimum absolute atomic E-state index is 0.242. The highest BCUT2D eigenvalue weighted by atomic mass is 19.1. The van der Waals surface area contributed by atoms with Gasteiger partial charge in [-0.3, -0.25) is 4.79 Å². The number of halogens is 1. The fourth-order valence-corrected chi connectivity index (χ4v) is 2.41. The Bertz CT molecular complexity index is 964. The number of nitrogens with zero attached hydrogens (tertiary/aromatic N) is 2. The fraction of sp³-hybridized carbons (Fsp3) is 0.105. The van der Waals surface area contributed by atoms with E-state index >= 15 is 0 Å². The molecule has 0 spiro atoms. The normalized spacial score (nSPS) is 10.3. The molecule has 0 bridgehead atoms. The van der Waals surface area contributed by atoms with E-state index < -0.39 is 11.7 Å². The number of carbonyl (C=O) groups excluding carboxylic acids is 1. The minimum Gasteiger partial charge on any atom is -0.495 e. The van der Waals surface area contributed by atoms with Crippen molar-refractivity contribution in [2.45, 2.75) is 6.54 Å². The molecule has 0 aliphatic rings. The second-order valence-electron chi connectivity index (χ2n) is 5.65. The zero-order chi connectivity index (χ0) is 19.2. The lowest BCUT2D eigenvalue weighted by molar-refractivity contribution is 0.101. The van der Waals surface area contributed by atoms with Gasteiger partial charge in [-0.1, -0.05) is 12.1 Å². The van der Waals surface area contributed by atoms with Crippen LogP contribution < -0.4 is 21.1 Å². The number of aromatic nitrogens is 2. The molecule has 0 fully saturated rings. The number of hydrogen-bond donors (Lipinski definition) is 3. The van der Waals surface area contributed by atoms with Gasteiger partial charge < -0.3 is 21.1 Å². The number of nitrogens with one attached hydrogen (secondary N) is 2. The van der Waals surface area contributed by atoms with Gasteiger partial charge in [-0.05, 0) is 29.8 Å². The number of pyridine rings is 2. The van der Waals surface area contributed by atoms with Crippen LogP contribution in [0, 0.1) is 5.82 Å². The predicted octanol–water partition coefficient (Wildman–Crippen LogP) is 3.07. The van der Waals surface area contributed by atoms with Gasteiger partial charge in [0.1, 0.15) is 11.6 Å². The van der Waals surface area contributed by atoms with Crippen LogP contribution in [0.1, 0.15) is 16.1 Å². The zero-order valence-corrected chi connectivity index (χ0v) is 14.6. The summed E-state index contributed by atoms with van der Waals surface area (Å²) in [6.07, 6.45) is 2.90. The first-order valence-electron chi connectivity index (χ1n) is 8.11. The molecule has 0 saturated carbocycles. The van der Waals surface area contributed by atoms with E-state index in [-0.39, 0.29) is 11.4 Å². The smallest absolute Gasteiger partial charge is 0.277 e. The van der Waals surface area contributed by atoms with Gasteiger partial charge in [-0.2, -0.15) is 0 Å². The van der Waals surface area contributed by atoms with Crippen molar-refractivity contribution in [3.05, 3.63) is 71.9 Å². The molecule has 138 valence electrons. The molecule has 3 aromatic rings. The van der Waals surface area contributed by atoms with Gasteiger partial charge in [0.05, 0.1) is 19.0 Å². The molecular formula is C19H18FN5O2. The topological polar surface area (TPSA) is 102 Å². The lowest BCUT2D eigenvalue weighted by Crippen LogP contribution is -2.16. The second kappa shape index (κ2) is 8.13. The van der Waals surface area contributed by atoms with E-state index in [0.29, 0.717) is 18.1 Å². The third-order valence-electron chi connectivity index (χ3n) is 3.77. The molecule has 2 heterocycles. The lowest BCUT2D eigenvalue weighted by atomic mass is 10.2. The highest BCUT2D eigenvalue weighted by Gasteiger charge is 2.15. The van der Waals surface area contributed by atoms with Gasteiger partial charge in [0.25, 0.3) is 5.91 Å². The Labute approximate surface area is 155 Å². The van der Waals surface area contributed by atoms with E-state index in [1.54, 1.807) is 30.5 Å². The van der Waals surface area contributed by atoms with Crippen molar-refractivity contribution >= 4 is 23.1 Å². The summed E-state index contributed by atoms with van der Waals surface area (Å²) in [5.74, 6) is -0.747. The number of benzene rings is 1. The van der Waals surface area contributed by atoms with Crippen LogP contribution in [0.3, 0.4) is 0 Å². The Morgan fingerprint density at radius 1 is 1.22 bits per heavy atom. The van der Waals surface area contributed by atoms with Crippen LogP contribution in [0.25, 0.3) is 0 Å². The molecule has 3 rings (SSSR count). The number of nitrogens with two attached hydrogens (primary N) is 1. The molecule has 1 aromatic carbocycles. The molecule has 1 amide bonds. The van der Waals surface area contributed by atoms with Gasteiger partial charge >= 0.3 is 0 Å². The van der Waals surface area contributed by atoms with Crippen molar-refractivity contribution in [3.63, 3.8) is 0 Å². The van der Waals surface area contributed by atoms with Crippen LogP contribution in [0.5, 0.6) is 5.75 Å². The predicted molar refractivity (Wildman–Crippen MR) is 101 cm³/mol. The van der Waals surface area contributed by atoms with E-state index in [0.717, 1.165) is 17.3 Å². The second-order valence-corrected chi connectivity index (χ2v) is 5.65. The van der Waals surface area contributed by atoms with Crippen molar-refractivity contribution in [1.82, 2.24) is 9.97 Å². The Hall–Kier alpha value is -3.68. The lowest BCUT2D eigenvalue weighted by Gasteiger charge is -2.10. The van der Waals surface area contributed by atoms with Gasteiger partial charge in [-0.25, -0.2) is 14.4 Å². The Kier molecular flexibility index (Phi) is 5.46. The van der Waals surface area contributed by atoms with Crippen LogP contribution in [-0.2, 0) is 6.54 Å². The maximum absolute atomic E-state index is 14.0. The summed E-state index contributed by atoms with van der Waals surface area (Å²) < 4.78 is 18.9. The number of nitrogen functional groups attached to an aromatic ring is 1. The quantitative estimate of drug-likeness (QED) is 0.619. The highest BCUT2D eigenvalue weighted by molar-refractivity contribution is 6.03. The van der Waals surface area contributed by atoms with Gasteiger partial charge in [0, 0.05) is 24.5 Å². The number of methoxy groups -OCH3 is 1. The van der Waals surface area contributed by atoms with Crippen LogP contribution in [0.4, 0.5) is 21.6 Å². The number of carbonyl (C=O) groups is 1. The van der Waals surface area contributed by atoms with Crippen molar-refractivity contribution in [2.75, 3.05) is 23.5 Å². The van der Waals surface area contributed by atoms with Crippen molar-refractivity contribution in [3.8, 4) is 5.75 Å².